The van der Waals surface area contributed by atoms with E-state index in [9.17, 15) is 15.0 Å². The molecule has 0 aromatic heterocycles. The molecule has 2 N–H and O–H groups in total. The summed E-state index contributed by atoms with van der Waals surface area (Å²) < 4.78 is 17.4. The molecule has 4 rings (SSSR count). The van der Waals surface area contributed by atoms with Crippen LogP contribution in [-0.2, 0) is 0 Å². The van der Waals surface area contributed by atoms with Crippen molar-refractivity contribution >= 4 is 17.9 Å². The second-order valence-electron chi connectivity index (χ2n) is 8.44. The highest BCUT2D eigenvalue weighted by Gasteiger charge is 2.33. The molecule has 2 heterocycles. The summed E-state index contributed by atoms with van der Waals surface area (Å²) in [5.74, 6) is 0.792. The van der Waals surface area contributed by atoms with Crippen LogP contribution in [0.5, 0.6) is 28.7 Å². The number of phenols is 2. The Balaban J connectivity index is 1.74. The number of allylic oxidation sites excluding steroid dienone is 3. The van der Waals surface area contributed by atoms with E-state index in [1.807, 2.05) is 19.1 Å². The lowest BCUT2D eigenvalue weighted by Gasteiger charge is -2.32. The SMILES string of the molecule is COc1cc(O)c2c(c1/C=C1\Oc3cc(O)ccc3C1=O)C=C[C@](C)(CCC=C(C)C)O2. The highest BCUT2D eigenvalue weighted by atomic mass is 16.5. The molecule has 0 aliphatic carbocycles. The van der Waals surface area contributed by atoms with Crippen LogP contribution in [0.3, 0.4) is 0 Å². The molecule has 0 fully saturated rings. The van der Waals surface area contributed by atoms with E-state index in [1.54, 1.807) is 6.08 Å². The molecule has 0 unspecified atom stereocenters. The van der Waals surface area contributed by atoms with Crippen LogP contribution in [0.2, 0.25) is 0 Å². The molecule has 0 bridgehead atoms. The van der Waals surface area contributed by atoms with Crippen molar-refractivity contribution in [2.45, 2.75) is 39.2 Å². The summed E-state index contributed by atoms with van der Waals surface area (Å²) >= 11 is 0. The summed E-state index contributed by atoms with van der Waals surface area (Å²) in [5.41, 5.74) is 2.20. The summed E-state index contributed by atoms with van der Waals surface area (Å²) in [5, 5.41) is 20.3. The van der Waals surface area contributed by atoms with E-state index in [-0.39, 0.29) is 23.0 Å². The highest BCUT2D eigenvalue weighted by Crippen LogP contribution is 2.46. The lowest BCUT2D eigenvalue weighted by Crippen LogP contribution is -2.32. The summed E-state index contributed by atoms with van der Waals surface area (Å²) in [6, 6.07) is 5.84. The number of Topliss-reactive ketones (excluding diaryl/α,β-unsaturated/α-hetero) is 1. The van der Waals surface area contributed by atoms with Crippen molar-refractivity contribution in [3.8, 4) is 28.7 Å². The van der Waals surface area contributed by atoms with Crippen molar-refractivity contribution in [1.82, 2.24) is 0 Å². The number of carbonyl (C=O) groups excluding carboxylic acids is 1. The average Bonchev–Trinajstić information content (AvgIpc) is 3.04. The first-order valence-corrected chi connectivity index (χ1v) is 10.4. The summed E-state index contributed by atoms with van der Waals surface area (Å²) in [4.78, 5) is 12.8. The molecule has 2 aliphatic rings. The van der Waals surface area contributed by atoms with Gasteiger partial charge in [0, 0.05) is 23.3 Å². The number of hydrogen-bond donors (Lipinski definition) is 2. The molecule has 32 heavy (non-hydrogen) atoms. The number of aromatic hydroxyl groups is 2. The largest absolute Gasteiger partial charge is 0.508 e. The summed E-state index contributed by atoms with van der Waals surface area (Å²) in [6.45, 7) is 6.08. The molecule has 0 radical (unpaired) electrons. The molecular formula is C26H26O6. The Morgan fingerprint density at radius 2 is 2.00 bits per heavy atom. The molecule has 6 nitrogen and oxygen atoms in total. The van der Waals surface area contributed by atoms with E-state index in [4.69, 9.17) is 14.2 Å². The standard InChI is InChI=1S/C26H26O6/c1-15(2)6-5-10-26(3)11-9-17-19(21(30-4)14-20(28)25(17)32-26)13-23-24(29)18-8-7-16(27)12-22(18)31-23/h6-9,11-14,27-28H,5,10H2,1-4H3/b23-13-/t26-/m0/s1. The predicted octanol–water partition coefficient (Wildman–Crippen LogP) is 5.63. The summed E-state index contributed by atoms with van der Waals surface area (Å²) in [6.07, 6.45) is 9.17. The fourth-order valence-corrected chi connectivity index (χ4v) is 3.87. The van der Waals surface area contributed by atoms with Gasteiger partial charge in [-0.2, -0.15) is 0 Å². The van der Waals surface area contributed by atoms with E-state index in [0.29, 0.717) is 33.9 Å². The van der Waals surface area contributed by atoms with E-state index in [2.05, 4.69) is 19.9 Å². The molecule has 2 aromatic carbocycles. The van der Waals surface area contributed by atoms with E-state index >= 15 is 0 Å². The van der Waals surface area contributed by atoms with Crippen LogP contribution in [-0.4, -0.2) is 28.7 Å². The van der Waals surface area contributed by atoms with Crippen LogP contribution in [0.15, 0.2) is 47.7 Å². The van der Waals surface area contributed by atoms with Gasteiger partial charge in [-0.1, -0.05) is 17.7 Å². The first-order valence-electron chi connectivity index (χ1n) is 10.4. The van der Waals surface area contributed by atoms with Crippen LogP contribution in [0.4, 0.5) is 0 Å². The van der Waals surface area contributed by atoms with Gasteiger partial charge in [-0.15, -0.1) is 0 Å². The van der Waals surface area contributed by atoms with Crippen LogP contribution < -0.4 is 14.2 Å². The fourth-order valence-electron chi connectivity index (χ4n) is 3.87. The van der Waals surface area contributed by atoms with Crippen LogP contribution in [0.1, 0.15) is 55.1 Å². The smallest absolute Gasteiger partial charge is 0.231 e. The minimum atomic E-state index is -0.580. The Kier molecular flexibility index (Phi) is 5.46. The van der Waals surface area contributed by atoms with Gasteiger partial charge in [0.25, 0.3) is 0 Å². The number of hydrogen-bond acceptors (Lipinski definition) is 6. The Morgan fingerprint density at radius 3 is 2.72 bits per heavy atom. The van der Waals surface area contributed by atoms with Gasteiger partial charge < -0.3 is 24.4 Å². The van der Waals surface area contributed by atoms with Gasteiger partial charge in [0.05, 0.1) is 12.7 Å². The minimum Gasteiger partial charge on any atom is -0.508 e. The van der Waals surface area contributed by atoms with Crippen molar-refractivity contribution in [3.63, 3.8) is 0 Å². The molecule has 0 saturated heterocycles. The van der Waals surface area contributed by atoms with Crippen LogP contribution in [0.25, 0.3) is 12.2 Å². The van der Waals surface area contributed by atoms with Gasteiger partial charge in [0.2, 0.25) is 5.78 Å². The number of benzene rings is 2. The average molecular weight is 434 g/mol. The van der Waals surface area contributed by atoms with Gasteiger partial charge >= 0.3 is 0 Å². The molecule has 166 valence electrons. The quantitative estimate of drug-likeness (QED) is 0.468. The predicted molar refractivity (Wildman–Crippen MR) is 122 cm³/mol. The number of phenolic OH excluding ortho intramolecular Hbond substituents is 2. The Morgan fingerprint density at radius 1 is 1.22 bits per heavy atom. The lowest BCUT2D eigenvalue weighted by atomic mass is 9.92. The number of rotatable bonds is 5. The molecular weight excluding hydrogens is 408 g/mol. The summed E-state index contributed by atoms with van der Waals surface area (Å²) in [7, 11) is 1.49. The Labute approximate surface area is 187 Å². The fraction of sp³-hybridized carbons (Fsp3) is 0.269. The van der Waals surface area contributed by atoms with Crippen molar-refractivity contribution in [1.29, 1.82) is 0 Å². The van der Waals surface area contributed by atoms with Gasteiger partial charge in [-0.05, 0) is 57.9 Å². The number of methoxy groups -OCH3 is 1. The molecule has 0 spiro atoms. The molecule has 6 heteroatoms. The third-order valence-corrected chi connectivity index (χ3v) is 5.58. The Hall–Kier alpha value is -3.67. The van der Waals surface area contributed by atoms with Crippen LogP contribution >= 0.6 is 0 Å². The second kappa shape index (κ2) is 8.11. The number of ether oxygens (including phenoxy) is 3. The van der Waals surface area contributed by atoms with Gasteiger partial charge in [0.15, 0.2) is 17.3 Å². The first kappa shape index (κ1) is 21.6. The van der Waals surface area contributed by atoms with Crippen molar-refractivity contribution < 1.29 is 29.2 Å². The molecule has 2 aromatic rings. The van der Waals surface area contributed by atoms with E-state index in [1.165, 1.54) is 36.9 Å². The number of ketones is 1. The molecule has 0 saturated carbocycles. The van der Waals surface area contributed by atoms with Gasteiger partial charge in [0.1, 0.15) is 22.8 Å². The maximum Gasteiger partial charge on any atom is 0.231 e. The maximum atomic E-state index is 12.8. The zero-order valence-corrected chi connectivity index (χ0v) is 18.6. The van der Waals surface area contributed by atoms with Gasteiger partial charge in [-0.25, -0.2) is 0 Å². The van der Waals surface area contributed by atoms with Crippen molar-refractivity contribution in [2.24, 2.45) is 0 Å². The van der Waals surface area contributed by atoms with Crippen molar-refractivity contribution in [2.75, 3.05) is 7.11 Å². The molecule has 1 atom stereocenters. The van der Waals surface area contributed by atoms with Gasteiger partial charge in [-0.3, -0.25) is 4.79 Å². The number of fused-ring (bicyclic) bond motifs is 2. The lowest BCUT2D eigenvalue weighted by molar-refractivity contribution is 0.101. The van der Waals surface area contributed by atoms with E-state index in [0.717, 1.165) is 12.8 Å². The topological polar surface area (TPSA) is 85.2 Å². The zero-order chi connectivity index (χ0) is 23.0. The third kappa shape index (κ3) is 3.96. The molecule has 2 aliphatic heterocycles. The minimum absolute atomic E-state index is 0.0149. The monoisotopic (exact) mass is 434 g/mol. The second-order valence-corrected chi connectivity index (χ2v) is 8.44. The third-order valence-electron chi connectivity index (χ3n) is 5.58. The normalized spacial score (nSPS) is 19.8. The maximum absolute atomic E-state index is 12.8. The highest BCUT2D eigenvalue weighted by molar-refractivity contribution is 6.15. The van der Waals surface area contributed by atoms with E-state index < -0.39 is 5.60 Å². The Bertz CT molecular complexity index is 1180. The van der Waals surface area contributed by atoms with Crippen LogP contribution in [0, 0.1) is 0 Å². The van der Waals surface area contributed by atoms with Crippen molar-refractivity contribution in [3.05, 3.63) is 64.4 Å². The number of carbonyl (C=O) groups is 1. The first-order chi connectivity index (χ1) is 15.2. The zero-order valence-electron chi connectivity index (χ0n) is 18.6. The molecule has 0 amide bonds.